The Labute approximate surface area is 411 Å². The van der Waals surface area contributed by atoms with Crippen molar-refractivity contribution in [2.75, 3.05) is 0 Å². The van der Waals surface area contributed by atoms with Crippen molar-refractivity contribution in [1.82, 2.24) is 0 Å². The Morgan fingerprint density at radius 1 is 0.500 bits per heavy atom. The van der Waals surface area contributed by atoms with E-state index in [1.54, 1.807) is 30.3 Å². The third-order valence-electron chi connectivity index (χ3n) is 11.9. The Bertz CT molecular complexity index is 2520. The van der Waals surface area contributed by atoms with E-state index in [1.807, 2.05) is 37.3 Å². The average Bonchev–Trinajstić information content (AvgIpc) is 3.88. The second kappa shape index (κ2) is 22.7. The summed E-state index contributed by atoms with van der Waals surface area (Å²) in [5.74, 6) is 0.377. The maximum atomic E-state index is 13.4. The van der Waals surface area contributed by atoms with Crippen molar-refractivity contribution in [2.24, 2.45) is 0 Å². The molecule has 7 rings (SSSR count). The van der Waals surface area contributed by atoms with Crippen LogP contribution in [0.25, 0.3) is 43.8 Å². The Morgan fingerprint density at radius 3 is 1.16 bits per heavy atom. The van der Waals surface area contributed by atoms with Crippen LogP contribution in [0.3, 0.4) is 0 Å². The number of alkyl halides is 18. The van der Waals surface area contributed by atoms with Gasteiger partial charge in [0.15, 0.2) is 0 Å². The first kappa shape index (κ1) is 59.1. The third kappa shape index (κ3) is 11.8. The van der Waals surface area contributed by atoms with Gasteiger partial charge >= 0.3 is 74.9 Å². The molecule has 0 heterocycles. The van der Waals surface area contributed by atoms with E-state index in [0.29, 0.717) is 28.9 Å². The van der Waals surface area contributed by atoms with Crippen molar-refractivity contribution in [3.05, 3.63) is 131 Å². The molecule has 6 aromatic carbocycles. The summed E-state index contributed by atoms with van der Waals surface area (Å²) < 4.78 is 240. The van der Waals surface area contributed by atoms with Gasteiger partial charge in [-0.2, -0.15) is 91.2 Å². The van der Waals surface area contributed by atoms with Crippen molar-refractivity contribution >= 4 is 48.1 Å². The second-order valence-electron chi connectivity index (χ2n) is 16.2. The Kier molecular flexibility index (Phi) is 19.2. The van der Waals surface area contributed by atoms with Gasteiger partial charge < -0.3 is 0 Å². The number of hydrogen-bond acceptors (Lipinski definition) is 0. The summed E-state index contributed by atoms with van der Waals surface area (Å²) >= 11 is -0.826. The quantitative estimate of drug-likeness (QED) is 0.0886. The van der Waals surface area contributed by atoms with Crippen LogP contribution < -0.4 is 0 Å². The number of benzene rings is 4. The summed E-state index contributed by atoms with van der Waals surface area (Å²) in [7, 11) is 11.0. The fourth-order valence-corrected chi connectivity index (χ4v) is 8.68. The van der Waals surface area contributed by atoms with E-state index in [1.165, 1.54) is 6.42 Å². The van der Waals surface area contributed by atoms with Gasteiger partial charge in [-0.25, -0.2) is 0 Å². The third-order valence-corrected chi connectivity index (χ3v) is 11.9. The van der Waals surface area contributed by atoms with E-state index in [-0.39, 0.29) is 35.4 Å². The predicted molar refractivity (Wildman–Crippen MR) is 234 cm³/mol. The molecule has 0 unspecified atom stereocenters. The van der Waals surface area contributed by atoms with Gasteiger partial charge in [0.25, 0.3) is 10.8 Å². The SMILES string of the molecule is CCc1cc2c(-c3ccc(C(C(F)(F)F)(C(F)(F)F)C(F)(F)F)cc3)cccc2[cH-]1.C[Si]C.FC(F)(F)C(c1ccc(-c2cccc3[cH-]c(C4CCCCC4)cc23)cc1)(C(F)(F)F)C(F)(F)F.[Cl][Zr+2][Cl]. The molecule has 1 aliphatic carbocycles. The molecule has 22 heteroatoms. The summed E-state index contributed by atoms with van der Waals surface area (Å²) in [4.78, 5) is 0. The van der Waals surface area contributed by atoms with Crippen LogP contribution in [0.5, 0.6) is 0 Å². The number of halogens is 20. The number of fused-ring (bicyclic) bond motifs is 2. The molecule has 0 N–H and O–H groups in total. The molecule has 1 saturated carbocycles. The molecular weight excluding hydrogens is 1110 g/mol. The van der Waals surface area contributed by atoms with Gasteiger partial charge in [0.2, 0.25) is 0 Å². The molecule has 0 atom stereocenters. The van der Waals surface area contributed by atoms with E-state index in [4.69, 9.17) is 17.0 Å². The molecule has 70 heavy (non-hydrogen) atoms. The molecule has 380 valence electrons. The number of rotatable bonds is 6. The molecule has 0 amide bonds. The zero-order chi connectivity index (χ0) is 52.9. The van der Waals surface area contributed by atoms with Gasteiger partial charge in [-0.15, -0.1) is 69.1 Å². The van der Waals surface area contributed by atoms with Crippen LogP contribution in [0.15, 0.2) is 109 Å². The fourth-order valence-electron chi connectivity index (χ4n) is 8.68. The van der Waals surface area contributed by atoms with Crippen LogP contribution in [0.1, 0.15) is 67.2 Å². The monoisotopic (exact) mass is 1150 g/mol. The van der Waals surface area contributed by atoms with Crippen LogP contribution in [0.2, 0.25) is 13.1 Å². The molecule has 0 nitrogen and oxygen atoms in total. The van der Waals surface area contributed by atoms with Crippen molar-refractivity contribution < 1.29 is 99.9 Å². The summed E-state index contributed by atoms with van der Waals surface area (Å²) in [5.41, 5.74) is -12.3. The van der Waals surface area contributed by atoms with Crippen molar-refractivity contribution in [1.29, 1.82) is 0 Å². The van der Waals surface area contributed by atoms with Crippen LogP contribution in [0, 0.1) is 0 Å². The van der Waals surface area contributed by atoms with E-state index in [9.17, 15) is 79.0 Å². The first-order valence-electron chi connectivity index (χ1n) is 20.9. The maximum absolute atomic E-state index is 13.4. The number of hydrogen-bond donors (Lipinski definition) is 0. The van der Waals surface area contributed by atoms with E-state index >= 15 is 0 Å². The Morgan fingerprint density at radius 2 is 0.829 bits per heavy atom. The van der Waals surface area contributed by atoms with Crippen LogP contribution >= 0.6 is 17.0 Å². The van der Waals surface area contributed by atoms with E-state index in [2.05, 4.69) is 13.1 Å². The zero-order valence-electron chi connectivity index (χ0n) is 36.8. The summed E-state index contributed by atoms with van der Waals surface area (Å²) in [5, 5.41) is 3.13. The Balaban J connectivity index is 0.000000276. The topological polar surface area (TPSA) is 0 Å². The molecule has 1 aliphatic rings. The molecule has 0 spiro atoms. The molecule has 0 bridgehead atoms. The minimum absolute atomic E-state index is 0.207. The van der Waals surface area contributed by atoms with Crippen LogP contribution in [-0.4, -0.2) is 46.6 Å². The minimum atomic E-state index is -6.63. The van der Waals surface area contributed by atoms with E-state index < -0.39 is 79.9 Å². The van der Waals surface area contributed by atoms with Gasteiger partial charge in [-0.3, -0.25) is 0 Å². The second-order valence-corrected chi connectivity index (χ2v) is 20.9. The molecule has 0 aliphatic heterocycles. The fraction of sp³-hybridized carbons (Fsp3) is 0.375. The zero-order valence-corrected chi connectivity index (χ0v) is 41.7. The van der Waals surface area contributed by atoms with E-state index in [0.717, 1.165) is 86.8 Å². The van der Waals surface area contributed by atoms with Crippen LogP contribution in [-0.2, 0) is 38.1 Å². The molecule has 0 saturated heterocycles. The first-order valence-corrected chi connectivity index (χ1v) is 29.2. The molecule has 6 aromatic rings. The summed E-state index contributed by atoms with van der Waals surface area (Å²) in [6.07, 6.45) is -33.6. The standard InChI is InChI=1S/C25H20F9.C21H14F9.C2H6Si.2ClH.Zr/c26-23(27,28)22(24(29,30)31,25(32,33)34)19-11-9-16(10-12-19)20-8-4-7-17-13-18(14-21(17)20)15-5-2-1-3-6-15;1-2-12-10-14-4-3-5-16(17(14)11-12)13-6-8-15(9-7-13)18(19(22,23)24,20(25,26)27)21(28,29)30;1-3-2;;;/h4,7-15H,1-3,5-6H2;3-11H,2H2,1H3;1-2H3;2*1H;/q2*-1;;;;+4/p-2. The summed E-state index contributed by atoms with van der Waals surface area (Å²) in [6, 6.07) is 22.4. The molecule has 0 aromatic heterocycles. The van der Waals surface area contributed by atoms with Gasteiger partial charge in [-0.1, -0.05) is 111 Å². The molecule has 2 radical (unpaired) electrons. The van der Waals surface area contributed by atoms with Gasteiger partial charge in [0.05, 0.1) is 0 Å². The Hall–Kier alpha value is -3.48. The number of aryl methyl sites for hydroxylation is 1. The van der Waals surface area contributed by atoms with Crippen molar-refractivity contribution in [3.63, 3.8) is 0 Å². The summed E-state index contributed by atoms with van der Waals surface area (Å²) in [6.45, 7) is 6.22. The first-order chi connectivity index (χ1) is 32.3. The van der Waals surface area contributed by atoms with Crippen molar-refractivity contribution in [2.45, 2.75) is 112 Å². The molecule has 1 fully saturated rings. The van der Waals surface area contributed by atoms with Gasteiger partial charge in [-0.05, 0) is 47.4 Å². The van der Waals surface area contributed by atoms with Gasteiger partial charge in [0.1, 0.15) is 0 Å². The molecular formula is C48H40Cl2F18SiZr. The van der Waals surface area contributed by atoms with Crippen molar-refractivity contribution in [3.8, 4) is 22.3 Å². The van der Waals surface area contributed by atoms with Gasteiger partial charge in [0, 0.05) is 9.52 Å². The normalized spacial score (nSPS) is 14.5. The average molecular weight is 1150 g/mol. The predicted octanol–water partition coefficient (Wildman–Crippen LogP) is 19.1. The van der Waals surface area contributed by atoms with Crippen LogP contribution in [0.4, 0.5) is 79.0 Å².